The van der Waals surface area contributed by atoms with Crippen molar-refractivity contribution >= 4 is 11.7 Å². The van der Waals surface area contributed by atoms with Crippen LogP contribution >= 0.6 is 0 Å². The number of allylic oxidation sites excluding steroid dienone is 2. The standard InChI is InChI=1S/C21H21NO2/c1-12-10-13(2)19-16-4-3-5-17(16)20(22-18(19)11-12)14-6-8-15(9-7-14)21(23)24/h3-4,6-11,16-17,20,22H,5H2,1-2H3,(H,23,24)/p-1/t16-,17+,20+/m0/s1. The monoisotopic (exact) mass is 318 g/mol. The van der Waals surface area contributed by atoms with E-state index in [1.54, 1.807) is 12.1 Å². The largest absolute Gasteiger partial charge is 0.545 e. The molecule has 0 radical (unpaired) electrons. The van der Waals surface area contributed by atoms with Crippen LogP contribution in [0.1, 0.15) is 51.0 Å². The van der Waals surface area contributed by atoms with E-state index < -0.39 is 5.97 Å². The molecule has 0 unspecified atom stereocenters. The molecule has 0 bridgehead atoms. The summed E-state index contributed by atoms with van der Waals surface area (Å²) in [4.78, 5) is 11.0. The van der Waals surface area contributed by atoms with Crippen LogP contribution in [-0.2, 0) is 0 Å². The third kappa shape index (κ3) is 2.32. The summed E-state index contributed by atoms with van der Waals surface area (Å²) < 4.78 is 0. The van der Waals surface area contributed by atoms with Gasteiger partial charge in [-0.05, 0) is 60.1 Å². The van der Waals surface area contributed by atoms with Gasteiger partial charge in [0.2, 0.25) is 0 Å². The molecule has 1 heterocycles. The number of aryl methyl sites for hydroxylation is 2. The third-order valence-electron chi connectivity index (χ3n) is 5.32. The average molecular weight is 318 g/mol. The van der Waals surface area contributed by atoms with E-state index >= 15 is 0 Å². The van der Waals surface area contributed by atoms with E-state index in [1.165, 1.54) is 22.4 Å². The second-order valence-corrected chi connectivity index (χ2v) is 6.93. The Balaban J connectivity index is 1.76. The third-order valence-corrected chi connectivity index (χ3v) is 5.32. The lowest BCUT2D eigenvalue weighted by Crippen LogP contribution is -2.30. The van der Waals surface area contributed by atoms with Crippen molar-refractivity contribution in [1.29, 1.82) is 0 Å². The molecule has 1 N–H and O–H groups in total. The van der Waals surface area contributed by atoms with Gasteiger partial charge in [0.25, 0.3) is 0 Å². The maximum atomic E-state index is 11.0. The number of benzene rings is 2. The number of nitrogens with one attached hydrogen (secondary N) is 1. The summed E-state index contributed by atoms with van der Waals surface area (Å²) in [5.41, 5.74) is 6.55. The second kappa shape index (κ2) is 5.52. The van der Waals surface area contributed by atoms with Crippen LogP contribution in [0.25, 0.3) is 0 Å². The van der Waals surface area contributed by atoms with Crippen molar-refractivity contribution in [3.05, 3.63) is 76.4 Å². The molecule has 2 aromatic rings. The molecule has 0 aromatic heterocycles. The number of fused-ring (bicyclic) bond motifs is 3. The number of hydrogen-bond donors (Lipinski definition) is 1. The molecule has 1 aliphatic heterocycles. The quantitative estimate of drug-likeness (QED) is 0.862. The van der Waals surface area contributed by atoms with Gasteiger partial charge in [-0.25, -0.2) is 0 Å². The van der Waals surface area contributed by atoms with E-state index in [0.717, 1.165) is 12.0 Å². The first-order valence-electron chi connectivity index (χ1n) is 8.40. The Morgan fingerprint density at radius 3 is 2.62 bits per heavy atom. The fourth-order valence-electron chi connectivity index (χ4n) is 4.30. The first kappa shape index (κ1) is 15.0. The van der Waals surface area contributed by atoms with Gasteiger partial charge in [-0.3, -0.25) is 0 Å². The molecule has 122 valence electrons. The average Bonchev–Trinajstić information content (AvgIpc) is 3.02. The van der Waals surface area contributed by atoms with Gasteiger partial charge in [-0.1, -0.05) is 42.5 Å². The lowest BCUT2D eigenvalue weighted by molar-refractivity contribution is -0.255. The Morgan fingerprint density at radius 2 is 1.92 bits per heavy atom. The summed E-state index contributed by atoms with van der Waals surface area (Å²) in [6, 6.07) is 11.7. The molecule has 4 rings (SSSR count). The van der Waals surface area contributed by atoms with Crippen LogP contribution in [0.3, 0.4) is 0 Å². The zero-order valence-electron chi connectivity index (χ0n) is 13.9. The van der Waals surface area contributed by atoms with E-state index in [4.69, 9.17) is 0 Å². The van der Waals surface area contributed by atoms with Gasteiger partial charge in [-0.2, -0.15) is 0 Å². The number of anilines is 1. The van der Waals surface area contributed by atoms with E-state index in [1.807, 2.05) is 12.1 Å². The minimum atomic E-state index is -1.13. The Hall–Kier alpha value is -2.55. The fraction of sp³-hybridized carbons (Fsp3) is 0.286. The molecule has 2 aromatic carbocycles. The van der Waals surface area contributed by atoms with Gasteiger partial charge in [0.15, 0.2) is 0 Å². The van der Waals surface area contributed by atoms with Crippen molar-refractivity contribution in [3.63, 3.8) is 0 Å². The number of carbonyl (C=O) groups is 1. The Bertz CT molecular complexity index is 836. The van der Waals surface area contributed by atoms with E-state index in [9.17, 15) is 9.90 Å². The van der Waals surface area contributed by atoms with Crippen LogP contribution in [0.15, 0.2) is 48.6 Å². The molecule has 2 aliphatic rings. The number of hydrogen-bond acceptors (Lipinski definition) is 3. The Kier molecular flexibility index (Phi) is 3.45. The van der Waals surface area contributed by atoms with Crippen LogP contribution in [0.5, 0.6) is 0 Å². The minimum absolute atomic E-state index is 0.189. The molecule has 0 saturated heterocycles. The lowest BCUT2D eigenvalue weighted by Gasteiger charge is -2.38. The number of carbonyl (C=O) groups excluding carboxylic acids is 1. The van der Waals surface area contributed by atoms with Crippen LogP contribution in [0.2, 0.25) is 0 Å². The highest BCUT2D eigenvalue weighted by Gasteiger charge is 2.38. The van der Waals surface area contributed by atoms with Crippen molar-refractivity contribution in [2.75, 3.05) is 5.32 Å². The zero-order chi connectivity index (χ0) is 16.8. The van der Waals surface area contributed by atoms with Crippen LogP contribution in [-0.4, -0.2) is 5.97 Å². The van der Waals surface area contributed by atoms with Gasteiger partial charge in [0.1, 0.15) is 0 Å². The number of carboxylic acid groups (broad SMARTS) is 1. The van der Waals surface area contributed by atoms with Gasteiger partial charge < -0.3 is 15.2 Å². The molecule has 3 atom stereocenters. The fourth-order valence-corrected chi connectivity index (χ4v) is 4.30. The molecule has 0 fully saturated rings. The summed E-state index contributed by atoms with van der Waals surface area (Å²) >= 11 is 0. The van der Waals surface area contributed by atoms with Gasteiger partial charge in [0.05, 0.1) is 12.0 Å². The summed E-state index contributed by atoms with van der Waals surface area (Å²) in [6.07, 6.45) is 5.64. The maximum absolute atomic E-state index is 11.0. The highest BCUT2D eigenvalue weighted by Crippen LogP contribution is 2.50. The zero-order valence-corrected chi connectivity index (χ0v) is 13.9. The Morgan fingerprint density at radius 1 is 1.17 bits per heavy atom. The van der Waals surface area contributed by atoms with Crippen molar-refractivity contribution in [1.82, 2.24) is 0 Å². The first-order chi connectivity index (χ1) is 11.5. The van der Waals surface area contributed by atoms with E-state index in [-0.39, 0.29) is 11.6 Å². The summed E-state index contributed by atoms with van der Waals surface area (Å²) in [5.74, 6) is -0.240. The van der Waals surface area contributed by atoms with Crippen LogP contribution in [0, 0.1) is 19.8 Å². The van der Waals surface area contributed by atoms with E-state index in [0.29, 0.717) is 11.8 Å². The van der Waals surface area contributed by atoms with Gasteiger partial charge >= 0.3 is 0 Å². The molecular formula is C21H20NO2-. The predicted octanol–water partition coefficient (Wildman–Crippen LogP) is 3.49. The molecule has 0 amide bonds. The van der Waals surface area contributed by atoms with E-state index in [2.05, 4.69) is 43.4 Å². The lowest BCUT2D eigenvalue weighted by atomic mass is 9.75. The minimum Gasteiger partial charge on any atom is -0.545 e. The van der Waals surface area contributed by atoms with Gasteiger partial charge in [0, 0.05) is 11.6 Å². The van der Waals surface area contributed by atoms with Crippen molar-refractivity contribution in [2.45, 2.75) is 32.2 Å². The van der Waals surface area contributed by atoms with Crippen molar-refractivity contribution < 1.29 is 9.90 Å². The van der Waals surface area contributed by atoms with Crippen molar-refractivity contribution in [3.8, 4) is 0 Å². The smallest absolute Gasteiger partial charge is 0.0715 e. The number of aromatic carboxylic acids is 1. The highest BCUT2D eigenvalue weighted by molar-refractivity contribution is 5.85. The van der Waals surface area contributed by atoms with Gasteiger partial charge in [-0.15, -0.1) is 0 Å². The summed E-state index contributed by atoms with van der Waals surface area (Å²) in [5, 5.41) is 14.7. The molecule has 3 nitrogen and oxygen atoms in total. The van der Waals surface area contributed by atoms with Crippen LogP contribution in [0.4, 0.5) is 5.69 Å². The predicted molar refractivity (Wildman–Crippen MR) is 93.0 cm³/mol. The summed E-state index contributed by atoms with van der Waals surface area (Å²) in [7, 11) is 0. The SMILES string of the molecule is Cc1cc(C)c2c(c1)N[C@H](c1ccc(C(=O)[O-])cc1)[C@@H]1CC=C[C@H]21. The topological polar surface area (TPSA) is 52.2 Å². The van der Waals surface area contributed by atoms with Crippen LogP contribution < -0.4 is 10.4 Å². The molecular weight excluding hydrogens is 298 g/mol. The number of rotatable bonds is 2. The highest BCUT2D eigenvalue weighted by atomic mass is 16.4. The normalized spacial score (nSPS) is 24.2. The first-order valence-corrected chi connectivity index (χ1v) is 8.40. The molecule has 24 heavy (non-hydrogen) atoms. The number of carboxylic acids is 1. The molecule has 1 aliphatic carbocycles. The molecule has 3 heteroatoms. The molecule has 0 saturated carbocycles. The second-order valence-electron chi connectivity index (χ2n) is 6.93. The maximum Gasteiger partial charge on any atom is 0.0715 e. The summed E-state index contributed by atoms with van der Waals surface area (Å²) in [6.45, 7) is 4.31. The van der Waals surface area contributed by atoms with Crippen molar-refractivity contribution in [2.24, 2.45) is 5.92 Å². The Labute approximate surface area is 142 Å². The molecule has 0 spiro atoms.